The van der Waals surface area contributed by atoms with E-state index in [4.69, 9.17) is 0 Å². The van der Waals surface area contributed by atoms with Crippen molar-refractivity contribution in [2.24, 2.45) is 0 Å². The number of carbonyl (C=O) groups is 2. The van der Waals surface area contributed by atoms with Gasteiger partial charge in [-0.1, -0.05) is 0 Å². The molecule has 0 saturated carbocycles. The Morgan fingerprint density at radius 1 is 1.10 bits per heavy atom. The number of amides is 1. The van der Waals surface area contributed by atoms with Crippen LogP contribution in [0.2, 0.25) is 0 Å². The van der Waals surface area contributed by atoms with Gasteiger partial charge in [-0.3, -0.25) is 4.79 Å². The maximum atomic E-state index is 13.3. The van der Waals surface area contributed by atoms with Crippen LogP contribution in [0.25, 0.3) is 11.5 Å². The van der Waals surface area contributed by atoms with E-state index in [9.17, 15) is 14.0 Å². The van der Waals surface area contributed by atoms with Crippen LogP contribution < -0.4 is 5.32 Å². The highest BCUT2D eigenvalue weighted by atomic mass is 32.1. The summed E-state index contributed by atoms with van der Waals surface area (Å²) in [6, 6.07) is 12.7. The van der Waals surface area contributed by atoms with Crippen LogP contribution in [0.1, 0.15) is 20.0 Å². The largest absolute Gasteiger partial charge is 0.465 e. The van der Waals surface area contributed by atoms with Crippen LogP contribution in [0.15, 0.2) is 67.1 Å². The van der Waals surface area contributed by atoms with E-state index < -0.39 is 5.97 Å². The number of rotatable bonds is 5. The van der Waals surface area contributed by atoms with Gasteiger partial charge in [0.25, 0.3) is 5.91 Å². The molecule has 1 aromatic carbocycles. The van der Waals surface area contributed by atoms with Gasteiger partial charge < -0.3 is 14.6 Å². The third-order valence-electron chi connectivity index (χ3n) is 4.14. The normalized spacial score (nSPS) is 10.7. The van der Waals surface area contributed by atoms with Gasteiger partial charge in [-0.05, 0) is 48.5 Å². The molecule has 0 aliphatic carbocycles. The fourth-order valence-electron chi connectivity index (χ4n) is 2.79. The smallest absolute Gasteiger partial charge is 0.348 e. The molecule has 1 amide bonds. The number of anilines is 1. The van der Waals surface area contributed by atoms with Gasteiger partial charge in [-0.2, -0.15) is 5.10 Å². The number of nitrogens with one attached hydrogen (secondary N) is 1. The van der Waals surface area contributed by atoms with Gasteiger partial charge in [0.05, 0.1) is 24.0 Å². The molecule has 3 heterocycles. The number of thiophene rings is 1. The summed E-state index contributed by atoms with van der Waals surface area (Å²) < 4.78 is 21.3. The molecule has 0 aliphatic heterocycles. The van der Waals surface area contributed by atoms with Crippen molar-refractivity contribution in [2.75, 3.05) is 12.4 Å². The SMILES string of the molecule is COC(=O)c1ccc(NC(=O)c2cnn(-c3ccc(F)cc3)c2-n2cccc2)s1. The number of nitrogens with zero attached hydrogens (tertiary/aromatic N) is 3. The quantitative estimate of drug-likeness (QED) is 0.506. The average Bonchev–Trinajstić information content (AvgIpc) is 3.47. The van der Waals surface area contributed by atoms with Gasteiger partial charge in [0.2, 0.25) is 0 Å². The Bertz CT molecular complexity index is 1160. The zero-order valence-electron chi connectivity index (χ0n) is 15.2. The molecule has 1 N–H and O–H groups in total. The van der Waals surface area contributed by atoms with E-state index in [2.05, 4.69) is 15.2 Å². The molecule has 0 radical (unpaired) electrons. The number of carbonyl (C=O) groups excluding carboxylic acids is 2. The van der Waals surface area contributed by atoms with Crippen molar-refractivity contribution < 1.29 is 18.7 Å². The molecule has 0 fully saturated rings. The Hall–Kier alpha value is -3.72. The molecule has 0 saturated heterocycles. The van der Waals surface area contributed by atoms with Crippen LogP contribution in [0.4, 0.5) is 9.39 Å². The van der Waals surface area contributed by atoms with Gasteiger partial charge in [-0.15, -0.1) is 11.3 Å². The van der Waals surface area contributed by atoms with E-state index in [0.29, 0.717) is 26.9 Å². The summed E-state index contributed by atoms with van der Waals surface area (Å²) in [6.45, 7) is 0. The molecule has 146 valence electrons. The van der Waals surface area contributed by atoms with E-state index in [1.165, 1.54) is 25.4 Å². The summed E-state index contributed by atoms with van der Waals surface area (Å²) in [7, 11) is 1.30. The molecule has 9 heteroatoms. The maximum absolute atomic E-state index is 13.3. The van der Waals surface area contributed by atoms with Crippen molar-refractivity contribution in [1.82, 2.24) is 14.3 Å². The Morgan fingerprint density at radius 2 is 1.83 bits per heavy atom. The molecule has 7 nitrogen and oxygen atoms in total. The number of hydrogen-bond donors (Lipinski definition) is 1. The van der Waals surface area contributed by atoms with Crippen molar-refractivity contribution in [3.63, 3.8) is 0 Å². The van der Waals surface area contributed by atoms with Crippen molar-refractivity contribution in [1.29, 1.82) is 0 Å². The predicted molar refractivity (Wildman–Crippen MR) is 106 cm³/mol. The topological polar surface area (TPSA) is 78.2 Å². The molecular formula is C20H15FN4O3S. The van der Waals surface area contributed by atoms with Crippen molar-refractivity contribution in [3.05, 3.63) is 83.4 Å². The first kappa shape index (κ1) is 18.6. The Balaban J connectivity index is 1.70. The second-order valence-corrected chi connectivity index (χ2v) is 7.05. The molecule has 0 unspecified atom stereocenters. The molecule has 3 aromatic heterocycles. The molecular weight excluding hydrogens is 395 g/mol. The molecule has 4 rings (SSSR count). The van der Waals surface area contributed by atoms with Gasteiger partial charge in [0.15, 0.2) is 5.82 Å². The first-order chi connectivity index (χ1) is 14.1. The van der Waals surface area contributed by atoms with Crippen LogP contribution >= 0.6 is 11.3 Å². The summed E-state index contributed by atoms with van der Waals surface area (Å²) in [5, 5.41) is 7.61. The fraction of sp³-hybridized carbons (Fsp3) is 0.0500. The third-order valence-corrected chi connectivity index (χ3v) is 5.12. The van der Waals surface area contributed by atoms with Crippen molar-refractivity contribution >= 4 is 28.2 Å². The minimum Gasteiger partial charge on any atom is -0.465 e. The molecule has 0 bridgehead atoms. The van der Waals surface area contributed by atoms with E-state index >= 15 is 0 Å². The molecule has 4 aromatic rings. The fourth-order valence-corrected chi connectivity index (χ4v) is 3.61. The van der Waals surface area contributed by atoms with E-state index in [1.807, 2.05) is 12.1 Å². The summed E-state index contributed by atoms with van der Waals surface area (Å²) in [6.07, 6.45) is 5.02. The zero-order chi connectivity index (χ0) is 20.4. The first-order valence-corrected chi connectivity index (χ1v) is 9.35. The number of esters is 1. The molecule has 0 atom stereocenters. The molecule has 0 spiro atoms. The van der Waals surface area contributed by atoms with Crippen LogP contribution in [-0.2, 0) is 4.74 Å². The monoisotopic (exact) mass is 410 g/mol. The Labute approximate surface area is 169 Å². The standard InChI is InChI=1S/C20H15FN4O3S/c1-28-20(27)16-8-9-17(29-16)23-18(26)15-12-22-25(14-6-4-13(21)5-7-14)19(15)24-10-2-3-11-24/h2-12H,1H3,(H,23,26). The van der Waals surface area contributed by atoms with E-state index in [-0.39, 0.29) is 11.7 Å². The highest BCUT2D eigenvalue weighted by Crippen LogP contribution is 2.25. The van der Waals surface area contributed by atoms with E-state index in [1.54, 1.807) is 45.9 Å². The number of methoxy groups -OCH3 is 1. The van der Waals surface area contributed by atoms with Crippen LogP contribution in [0.5, 0.6) is 0 Å². The number of ether oxygens (including phenoxy) is 1. The number of halogens is 1. The molecule has 29 heavy (non-hydrogen) atoms. The number of benzene rings is 1. The second-order valence-electron chi connectivity index (χ2n) is 5.97. The highest BCUT2D eigenvalue weighted by Gasteiger charge is 2.21. The lowest BCUT2D eigenvalue weighted by Gasteiger charge is -2.11. The third kappa shape index (κ3) is 3.67. The minimum absolute atomic E-state index is 0.318. The van der Waals surface area contributed by atoms with Crippen molar-refractivity contribution in [2.45, 2.75) is 0 Å². The van der Waals surface area contributed by atoms with Gasteiger partial charge in [0.1, 0.15) is 16.3 Å². The lowest BCUT2D eigenvalue weighted by atomic mass is 10.2. The van der Waals surface area contributed by atoms with Crippen LogP contribution in [0, 0.1) is 5.82 Å². The molecule has 0 aliphatic rings. The van der Waals surface area contributed by atoms with E-state index in [0.717, 1.165) is 11.3 Å². The minimum atomic E-state index is -0.465. The highest BCUT2D eigenvalue weighted by molar-refractivity contribution is 7.18. The summed E-state index contributed by atoms with van der Waals surface area (Å²) >= 11 is 1.11. The van der Waals surface area contributed by atoms with Gasteiger partial charge >= 0.3 is 5.97 Å². The van der Waals surface area contributed by atoms with Crippen molar-refractivity contribution in [3.8, 4) is 11.5 Å². The average molecular weight is 410 g/mol. The van der Waals surface area contributed by atoms with Gasteiger partial charge in [0, 0.05) is 12.4 Å². The lowest BCUT2D eigenvalue weighted by Crippen LogP contribution is -2.14. The first-order valence-electron chi connectivity index (χ1n) is 8.53. The summed E-state index contributed by atoms with van der Waals surface area (Å²) in [5.74, 6) is -0.711. The number of aromatic nitrogens is 3. The maximum Gasteiger partial charge on any atom is 0.348 e. The van der Waals surface area contributed by atoms with Crippen LogP contribution in [0.3, 0.4) is 0 Å². The lowest BCUT2D eigenvalue weighted by molar-refractivity contribution is 0.0606. The predicted octanol–water partition coefficient (Wildman–Crippen LogP) is 3.90. The zero-order valence-corrected chi connectivity index (χ0v) is 16.0. The Kier molecular flexibility index (Phi) is 4.96. The second kappa shape index (κ2) is 7.72. The summed E-state index contributed by atoms with van der Waals surface area (Å²) in [4.78, 5) is 24.9. The van der Waals surface area contributed by atoms with Crippen LogP contribution in [-0.4, -0.2) is 33.3 Å². The Morgan fingerprint density at radius 3 is 2.52 bits per heavy atom. The number of hydrogen-bond acceptors (Lipinski definition) is 5. The summed E-state index contributed by atoms with van der Waals surface area (Å²) in [5.41, 5.74) is 0.928. The van der Waals surface area contributed by atoms with Gasteiger partial charge in [-0.25, -0.2) is 13.9 Å².